The fraction of sp³-hybridized carbons (Fsp3) is 0.692. The Morgan fingerprint density at radius 3 is 2.62 bits per heavy atom. The molecule has 2 aromatic carbocycles. The Balaban J connectivity index is 1.17. The maximum Gasteiger partial charge on any atom is 0.335 e. The van der Waals surface area contributed by atoms with E-state index in [1.807, 2.05) is 0 Å². The Kier molecular flexibility index (Phi) is 10.8. The van der Waals surface area contributed by atoms with Gasteiger partial charge >= 0.3 is 5.97 Å². The highest BCUT2D eigenvalue weighted by Gasteiger charge is 2.67. The molecular weight excluding hydrogens is 769 g/mol. The van der Waals surface area contributed by atoms with Gasteiger partial charge in [0.2, 0.25) is 6.29 Å². The number of Topliss-reactive ketones (excluding diaryl/α,β-unsaturated/α-hetero) is 1. The number of hydrogen-bond donors (Lipinski definition) is 9. The van der Waals surface area contributed by atoms with Gasteiger partial charge in [-0.25, -0.2) is 4.79 Å². The van der Waals surface area contributed by atoms with Gasteiger partial charge in [0, 0.05) is 46.9 Å². The molecule has 2 aromatic rings. The summed E-state index contributed by atoms with van der Waals surface area (Å²) in [5, 5.41) is 77.6. The summed E-state index contributed by atoms with van der Waals surface area (Å²) in [5.41, 5.74) is 4.58. The molecule has 3 spiro atoms. The van der Waals surface area contributed by atoms with E-state index in [-0.39, 0.29) is 74.8 Å². The normalized spacial score (nSPS) is 39.7. The molecular formula is C39H52N2O13S2. The molecule has 15 nitrogen and oxygen atoms in total. The highest BCUT2D eigenvalue weighted by Crippen LogP contribution is 2.65. The van der Waals surface area contributed by atoms with Crippen LogP contribution in [0.1, 0.15) is 84.6 Å². The van der Waals surface area contributed by atoms with Gasteiger partial charge in [0.25, 0.3) is 0 Å². The van der Waals surface area contributed by atoms with Crippen LogP contribution in [0.5, 0.6) is 17.2 Å². The van der Waals surface area contributed by atoms with Crippen LogP contribution >= 0.6 is 21.6 Å². The van der Waals surface area contributed by atoms with Crippen LogP contribution in [0.3, 0.4) is 0 Å². The first-order valence-electron chi connectivity index (χ1n) is 19.4. The molecule has 6 fully saturated rings. The number of ketones is 1. The van der Waals surface area contributed by atoms with Crippen LogP contribution in [0, 0.1) is 29.6 Å². The summed E-state index contributed by atoms with van der Waals surface area (Å²) in [7, 11) is 3.04. The number of carboxylic acids is 1. The topological polar surface area (TPSA) is 237 Å². The average molecular weight is 821 g/mol. The third-order valence-electron chi connectivity index (χ3n) is 14.1. The number of hydrogen-bond acceptors (Lipinski definition) is 16. The SMILES string of the molecule is CC(=O)c1c(C)c(O)c2cc(C(=O)O)cc(OC3OC(CO)C4(CCC56CC7(CCCC7NN5)CC5COCC(CCO)(CSSCO4)C56)C(O)C3O)c2c1O. The number of rotatable bonds is 7. The lowest BCUT2D eigenvalue weighted by Gasteiger charge is -2.67. The largest absolute Gasteiger partial charge is 0.507 e. The number of ether oxygens (including phenoxy) is 4. The number of benzene rings is 2. The zero-order chi connectivity index (χ0) is 39.8. The molecule has 2 bridgehead atoms. The van der Waals surface area contributed by atoms with Crippen molar-refractivity contribution in [2.75, 3.05) is 38.1 Å². The van der Waals surface area contributed by atoms with E-state index in [0.29, 0.717) is 37.9 Å². The van der Waals surface area contributed by atoms with Crippen molar-refractivity contribution in [3.05, 3.63) is 28.8 Å². The van der Waals surface area contributed by atoms with Crippen LogP contribution in [-0.2, 0) is 14.2 Å². The molecule has 9 N–H and O–H groups in total. The van der Waals surface area contributed by atoms with Gasteiger partial charge in [-0.15, -0.1) is 0 Å². The van der Waals surface area contributed by atoms with Gasteiger partial charge < -0.3 is 54.7 Å². The minimum atomic E-state index is -1.81. The first-order chi connectivity index (χ1) is 26.8. The number of hydrazine groups is 1. The first kappa shape index (κ1) is 40.4. The smallest absolute Gasteiger partial charge is 0.335 e. The first-order valence-corrected chi connectivity index (χ1v) is 21.9. The second-order valence-electron chi connectivity index (χ2n) is 17.0. The van der Waals surface area contributed by atoms with Crippen molar-refractivity contribution in [1.29, 1.82) is 0 Å². The summed E-state index contributed by atoms with van der Waals surface area (Å²) < 4.78 is 25.4. The number of nitrogens with one attached hydrogen (secondary N) is 2. The molecule has 17 heteroatoms. The minimum absolute atomic E-state index is 0.0139. The molecule has 0 amide bonds. The van der Waals surface area contributed by atoms with Crippen molar-refractivity contribution in [3.63, 3.8) is 0 Å². The van der Waals surface area contributed by atoms with Crippen LogP contribution in [0.4, 0.5) is 0 Å². The van der Waals surface area contributed by atoms with Crippen molar-refractivity contribution in [3.8, 4) is 17.2 Å². The summed E-state index contributed by atoms with van der Waals surface area (Å²) in [6, 6.07) is 2.51. The summed E-state index contributed by atoms with van der Waals surface area (Å²) in [6.07, 6.45) is -0.113. The van der Waals surface area contributed by atoms with E-state index >= 15 is 0 Å². The van der Waals surface area contributed by atoms with Crippen molar-refractivity contribution >= 4 is 44.1 Å². The van der Waals surface area contributed by atoms with Crippen LogP contribution < -0.4 is 15.6 Å². The van der Waals surface area contributed by atoms with Gasteiger partial charge in [-0.05, 0) is 88.2 Å². The maximum absolute atomic E-state index is 12.6. The van der Waals surface area contributed by atoms with Crippen molar-refractivity contribution in [2.24, 2.45) is 22.7 Å². The Hall–Kier alpha value is -2.42. The van der Waals surface area contributed by atoms with Crippen molar-refractivity contribution in [2.45, 2.75) is 107 Å². The van der Waals surface area contributed by atoms with Gasteiger partial charge in [0.15, 0.2) is 5.78 Å². The number of carboxylic acid groups (broad SMARTS) is 1. The number of phenolic OH excluding ortho intramolecular Hbond substituents is 2. The molecule has 4 aliphatic heterocycles. The number of carbonyl (C=O) groups is 2. The van der Waals surface area contributed by atoms with Gasteiger partial charge in [0.1, 0.15) is 47.1 Å². The monoisotopic (exact) mass is 820 g/mol. The van der Waals surface area contributed by atoms with E-state index in [0.717, 1.165) is 44.2 Å². The van der Waals surface area contributed by atoms with Gasteiger partial charge in [-0.3, -0.25) is 15.6 Å². The Labute approximate surface area is 332 Å². The lowest BCUT2D eigenvalue weighted by molar-refractivity contribution is -0.323. The van der Waals surface area contributed by atoms with Crippen LogP contribution in [0.2, 0.25) is 0 Å². The number of aromatic carboxylic acids is 1. The fourth-order valence-electron chi connectivity index (χ4n) is 11.8. The number of aromatic hydroxyl groups is 2. The standard InChI is InChI=1S/C39H52N2O13S2/c1-19-27(20(2)44)30(46)28-23(29(19)45)10-21(34(49)50)11-24(28)53-35-31(47)33(48)39(26(13-43)54-35)7-6-38-15-36(5-3-4-25(36)40-41-38)12-22-14-51-16-37(8-9-42,32(22)38)17-55-56-18-52-39/h10-11,22,25-26,31-33,35,40-43,45-48H,3-9,12-18H2,1-2H3,(H,49,50). The summed E-state index contributed by atoms with van der Waals surface area (Å²) in [4.78, 5) is 24.8. The maximum atomic E-state index is 12.6. The molecule has 2 aliphatic carbocycles. The molecule has 308 valence electrons. The molecule has 0 aromatic heterocycles. The van der Waals surface area contributed by atoms with E-state index < -0.39 is 65.6 Å². The van der Waals surface area contributed by atoms with Gasteiger partial charge in [-0.2, -0.15) is 0 Å². The van der Waals surface area contributed by atoms with E-state index in [9.17, 15) is 45.3 Å². The minimum Gasteiger partial charge on any atom is -0.507 e. The fourth-order valence-corrected chi connectivity index (χ4v) is 14.2. The van der Waals surface area contributed by atoms with Crippen LogP contribution in [-0.4, -0.2) is 127 Å². The van der Waals surface area contributed by atoms with Gasteiger partial charge in [0.05, 0.1) is 29.7 Å². The number of carbonyl (C=O) groups excluding carboxylic acids is 1. The third kappa shape index (κ3) is 6.23. The molecule has 11 unspecified atom stereocenters. The van der Waals surface area contributed by atoms with E-state index in [4.69, 9.17) is 18.9 Å². The summed E-state index contributed by atoms with van der Waals surface area (Å²) in [6.45, 7) is 3.13. The molecule has 0 radical (unpaired) electrons. The molecule has 56 heavy (non-hydrogen) atoms. The predicted molar refractivity (Wildman–Crippen MR) is 206 cm³/mol. The quantitative estimate of drug-likeness (QED) is 0.111. The van der Waals surface area contributed by atoms with E-state index in [1.165, 1.54) is 24.6 Å². The average Bonchev–Trinajstić information content (AvgIpc) is 3.55. The van der Waals surface area contributed by atoms with Crippen LogP contribution in [0.15, 0.2) is 12.1 Å². The highest BCUT2D eigenvalue weighted by atomic mass is 33.1. The predicted octanol–water partition coefficient (Wildman–Crippen LogP) is 2.98. The second kappa shape index (κ2) is 15.0. The van der Waals surface area contributed by atoms with E-state index in [2.05, 4.69) is 10.9 Å². The molecule has 11 atom stereocenters. The lowest BCUT2D eigenvalue weighted by atomic mass is 9.47. The Bertz CT molecular complexity index is 1880. The summed E-state index contributed by atoms with van der Waals surface area (Å²) in [5.74, 6) is -2.19. The highest BCUT2D eigenvalue weighted by molar-refractivity contribution is 8.76. The summed E-state index contributed by atoms with van der Waals surface area (Å²) >= 11 is 0. The van der Waals surface area contributed by atoms with Crippen LogP contribution in [0.25, 0.3) is 10.8 Å². The molecule has 8 rings (SSSR count). The van der Waals surface area contributed by atoms with Gasteiger partial charge in [-0.1, -0.05) is 28.0 Å². The zero-order valence-corrected chi connectivity index (χ0v) is 33.1. The van der Waals surface area contributed by atoms with Crippen molar-refractivity contribution in [1.82, 2.24) is 10.9 Å². The second-order valence-corrected chi connectivity index (χ2v) is 19.4. The zero-order valence-electron chi connectivity index (χ0n) is 31.5. The third-order valence-corrected chi connectivity index (χ3v) is 16.3. The lowest BCUT2D eigenvalue weighted by Crippen LogP contribution is -2.77. The molecule has 4 saturated heterocycles. The number of phenols is 2. The molecule has 6 aliphatic rings. The number of aliphatic hydroxyl groups is 4. The van der Waals surface area contributed by atoms with E-state index in [1.54, 1.807) is 10.8 Å². The molecule has 2 saturated carbocycles. The van der Waals surface area contributed by atoms with Crippen molar-refractivity contribution < 1.29 is 64.3 Å². The Morgan fingerprint density at radius 2 is 1.89 bits per heavy atom. The Morgan fingerprint density at radius 1 is 1.09 bits per heavy atom. The molecule has 4 heterocycles. The number of aliphatic hydroxyl groups excluding tert-OH is 4. The number of fused-ring (bicyclic) bond motifs is 1.